The first-order valence-corrected chi connectivity index (χ1v) is 9.87. The van der Waals surface area contributed by atoms with Crippen molar-refractivity contribution in [2.75, 3.05) is 32.7 Å². The summed E-state index contributed by atoms with van der Waals surface area (Å²) in [5, 5.41) is 3.80. The Balaban J connectivity index is 1.52. The molecule has 5 nitrogen and oxygen atoms in total. The fourth-order valence-electron chi connectivity index (χ4n) is 3.92. The Labute approximate surface area is 147 Å². The van der Waals surface area contributed by atoms with Gasteiger partial charge in [-0.2, -0.15) is 11.3 Å². The van der Waals surface area contributed by atoms with E-state index in [2.05, 4.69) is 0 Å². The smallest absolute Gasteiger partial charge is 0.254 e. The van der Waals surface area contributed by atoms with Crippen LogP contribution in [0.3, 0.4) is 0 Å². The highest BCUT2D eigenvalue weighted by atomic mass is 32.1. The molecule has 132 valence electrons. The molecule has 6 heteroatoms. The average molecular weight is 350 g/mol. The standard InChI is InChI=1S/C18H27N3O2S/c19-14-18(5-2-1-3-6-18)12-16(22)20-7-9-21(10-8-20)17(23)15-4-11-24-13-15/h4,11,13H,1-3,5-10,12,14,19H2. The van der Waals surface area contributed by atoms with E-state index in [9.17, 15) is 9.59 Å². The fraction of sp³-hybridized carbons (Fsp3) is 0.667. The van der Waals surface area contributed by atoms with E-state index in [0.29, 0.717) is 39.1 Å². The van der Waals surface area contributed by atoms with Crippen molar-refractivity contribution in [3.05, 3.63) is 22.4 Å². The third-order valence-electron chi connectivity index (χ3n) is 5.56. The van der Waals surface area contributed by atoms with Crippen molar-refractivity contribution in [2.24, 2.45) is 11.1 Å². The molecule has 0 radical (unpaired) electrons. The molecule has 1 aromatic heterocycles. The Bertz CT molecular complexity index is 559. The first kappa shape index (κ1) is 17.4. The van der Waals surface area contributed by atoms with Gasteiger partial charge in [-0.05, 0) is 36.2 Å². The lowest BCUT2D eigenvalue weighted by Crippen LogP contribution is -2.51. The van der Waals surface area contributed by atoms with E-state index in [0.717, 1.165) is 18.4 Å². The van der Waals surface area contributed by atoms with Gasteiger partial charge in [0.1, 0.15) is 0 Å². The predicted octanol–water partition coefficient (Wildman–Crippen LogP) is 2.33. The Morgan fingerprint density at radius 3 is 2.33 bits per heavy atom. The Kier molecular flexibility index (Phi) is 5.56. The van der Waals surface area contributed by atoms with Gasteiger partial charge in [0.05, 0.1) is 5.56 Å². The summed E-state index contributed by atoms with van der Waals surface area (Å²) in [6.45, 7) is 3.12. The summed E-state index contributed by atoms with van der Waals surface area (Å²) >= 11 is 1.53. The van der Waals surface area contributed by atoms with Crippen LogP contribution in [0.25, 0.3) is 0 Å². The molecule has 0 aromatic carbocycles. The summed E-state index contributed by atoms with van der Waals surface area (Å²) in [5.74, 6) is 0.291. The molecule has 1 aliphatic heterocycles. The van der Waals surface area contributed by atoms with Crippen LogP contribution in [0, 0.1) is 5.41 Å². The van der Waals surface area contributed by atoms with Gasteiger partial charge < -0.3 is 15.5 Å². The summed E-state index contributed by atoms with van der Waals surface area (Å²) < 4.78 is 0. The molecule has 1 saturated carbocycles. The SMILES string of the molecule is NCC1(CC(=O)N2CCN(C(=O)c3ccsc3)CC2)CCCCC1. The van der Waals surface area contributed by atoms with Crippen LogP contribution in [-0.4, -0.2) is 54.3 Å². The Morgan fingerprint density at radius 1 is 1.08 bits per heavy atom. The normalized spacial score (nSPS) is 20.9. The van der Waals surface area contributed by atoms with Crippen LogP contribution in [0.5, 0.6) is 0 Å². The number of piperazine rings is 1. The first-order chi connectivity index (χ1) is 11.6. The third-order valence-corrected chi connectivity index (χ3v) is 6.24. The monoisotopic (exact) mass is 349 g/mol. The summed E-state index contributed by atoms with van der Waals surface area (Å²) in [4.78, 5) is 28.8. The number of nitrogens with zero attached hydrogens (tertiary/aromatic N) is 2. The highest BCUT2D eigenvalue weighted by Gasteiger charge is 2.35. The van der Waals surface area contributed by atoms with E-state index in [4.69, 9.17) is 5.73 Å². The van der Waals surface area contributed by atoms with Crippen LogP contribution in [0.2, 0.25) is 0 Å². The quantitative estimate of drug-likeness (QED) is 0.907. The second-order valence-electron chi connectivity index (χ2n) is 7.13. The number of carbonyl (C=O) groups is 2. The summed E-state index contributed by atoms with van der Waals surface area (Å²) in [5.41, 5.74) is 6.78. The van der Waals surface area contributed by atoms with E-state index >= 15 is 0 Å². The average Bonchev–Trinajstić information content (AvgIpc) is 3.16. The van der Waals surface area contributed by atoms with E-state index in [1.54, 1.807) is 0 Å². The Hall–Kier alpha value is -1.40. The van der Waals surface area contributed by atoms with Crippen LogP contribution in [0.15, 0.2) is 16.8 Å². The molecule has 0 bridgehead atoms. The van der Waals surface area contributed by atoms with E-state index in [-0.39, 0.29) is 17.2 Å². The number of nitrogens with two attached hydrogens (primary N) is 1. The minimum atomic E-state index is 0.0129. The van der Waals surface area contributed by atoms with Crippen LogP contribution in [-0.2, 0) is 4.79 Å². The molecular formula is C18H27N3O2S. The minimum Gasteiger partial charge on any atom is -0.339 e. The topological polar surface area (TPSA) is 66.6 Å². The first-order valence-electron chi connectivity index (χ1n) is 8.93. The van der Waals surface area contributed by atoms with Crippen molar-refractivity contribution in [1.29, 1.82) is 0 Å². The number of carbonyl (C=O) groups excluding carboxylic acids is 2. The largest absolute Gasteiger partial charge is 0.339 e. The second-order valence-corrected chi connectivity index (χ2v) is 7.91. The molecule has 1 saturated heterocycles. The molecular weight excluding hydrogens is 322 g/mol. The molecule has 2 N–H and O–H groups in total. The molecule has 0 spiro atoms. The lowest BCUT2D eigenvalue weighted by molar-refractivity contribution is -0.135. The van der Waals surface area contributed by atoms with Gasteiger partial charge in [-0.25, -0.2) is 0 Å². The van der Waals surface area contributed by atoms with E-state index in [1.807, 2.05) is 26.6 Å². The zero-order chi connectivity index (χ0) is 17.0. The van der Waals surface area contributed by atoms with Gasteiger partial charge >= 0.3 is 0 Å². The lowest BCUT2D eigenvalue weighted by atomic mass is 9.71. The molecule has 0 atom stereocenters. The molecule has 3 rings (SSSR count). The number of rotatable bonds is 4. The maximum atomic E-state index is 12.7. The van der Waals surface area contributed by atoms with Gasteiger partial charge in [-0.3, -0.25) is 9.59 Å². The summed E-state index contributed by atoms with van der Waals surface area (Å²) in [6.07, 6.45) is 6.36. The van der Waals surface area contributed by atoms with Gasteiger partial charge in [0.15, 0.2) is 0 Å². The molecule has 2 aliphatic rings. The maximum absolute atomic E-state index is 12.7. The molecule has 1 aromatic rings. The predicted molar refractivity (Wildman–Crippen MR) is 96.0 cm³/mol. The zero-order valence-electron chi connectivity index (χ0n) is 14.2. The minimum absolute atomic E-state index is 0.0129. The van der Waals surface area contributed by atoms with Crippen molar-refractivity contribution in [2.45, 2.75) is 38.5 Å². The lowest BCUT2D eigenvalue weighted by Gasteiger charge is -2.39. The summed E-state index contributed by atoms with van der Waals surface area (Å²) in [7, 11) is 0. The fourth-order valence-corrected chi connectivity index (χ4v) is 4.54. The van der Waals surface area contributed by atoms with E-state index < -0.39 is 0 Å². The molecule has 2 fully saturated rings. The maximum Gasteiger partial charge on any atom is 0.254 e. The molecule has 2 amide bonds. The van der Waals surface area contributed by atoms with Crippen LogP contribution in [0.1, 0.15) is 48.9 Å². The number of amides is 2. The highest BCUT2D eigenvalue weighted by molar-refractivity contribution is 7.08. The molecule has 2 heterocycles. The van der Waals surface area contributed by atoms with Crippen molar-refractivity contribution in [3.63, 3.8) is 0 Å². The number of thiophene rings is 1. The van der Waals surface area contributed by atoms with Crippen molar-refractivity contribution in [3.8, 4) is 0 Å². The van der Waals surface area contributed by atoms with Crippen molar-refractivity contribution in [1.82, 2.24) is 9.80 Å². The van der Waals surface area contributed by atoms with Gasteiger partial charge in [0, 0.05) is 38.0 Å². The summed E-state index contributed by atoms with van der Waals surface area (Å²) in [6, 6.07) is 1.86. The zero-order valence-corrected chi connectivity index (χ0v) is 15.0. The highest BCUT2D eigenvalue weighted by Crippen LogP contribution is 2.38. The van der Waals surface area contributed by atoms with E-state index in [1.165, 1.54) is 30.6 Å². The molecule has 1 aliphatic carbocycles. The number of hydrogen-bond acceptors (Lipinski definition) is 4. The third kappa shape index (κ3) is 3.81. The number of hydrogen-bond donors (Lipinski definition) is 1. The molecule has 0 unspecified atom stereocenters. The van der Waals surface area contributed by atoms with Gasteiger partial charge in [-0.15, -0.1) is 0 Å². The second kappa shape index (κ2) is 7.66. The van der Waals surface area contributed by atoms with Gasteiger partial charge in [0.25, 0.3) is 5.91 Å². The Morgan fingerprint density at radius 2 is 1.75 bits per heavy atom. The van der Waals surface area contributed by atoms with Gasteiger partial charge in [-0.1, -0.05) is 19.3 Å². The van der Waals surface area contributed by atoms with Crippen molar-refractivity contribution < 1.29 is 9.59 Å². The van der Waals surface area contributed by atoms with Crippen LogP contribution >= 0.6 is 11.3 Å². The van der Waals surface area contributed by atoms with Crippen LogP contribution in [0.4, 0.5) is 0 Å². The van der Waals surface area contributed by atoms with Gasteiger partial charge in [0.2, 0.25) is 5.91 Å². The van der Waals surface area contributed by atoms with Crippen LogP contribution < -0.4 is 5.73 Å². The van der Waals surface area contributed by atoms with Crippen molar-refractivity contribution >= 4 is 23.2 Å². The molecule has 24 heavy (non-hydrogen) atoms.